The Labute approximate surface area is 194 Å². The lowest BCUT2D eigenvalue weighted by Gasteiger charge is -2.37. The Hall–Kier alpha value is -2.74. The van der Waals surface area contributed by atoms with Gasteiger partial charge in [-0.15, -0.1) is 0 Å². The molecule has 0 spiro atoms. The molecule has 0 saturated carbocycles. The van der Waals surface area contributed by atoms with Crippen LogP contribution in [0.5, 0.6) is 11.5 Å². The highest BCUT2D eigenvalue weighted by Crippen LogP contribution is 2.48. The lowest BCUT2D eigenvalue weighted by Crippen LogP contribution is -2.47. The summed E-state index contributed by atoms with van der Waals surface area (Å²) in [5.74, 6) is 1.10. The second kappa shape index (κ2) is 8.78. The standard InChI is InChI=1S/C21H17Cl3N4O3/c1-30-14-8-15(31-2)17(23)18(16(14)22)27-11-13-9-25-20(24)26-19(13)28(21(27)29)10-12-6-4-3-5-7-12/h3-9H,10-11H2,1-2H3. The van der Waals surface area contributed by atoms with Gasteiger partial charge in [0.15, 0.2) is 0 Å². The SMILES string of the molecule is COc1cc(OC)c(Cl)c(N2Cc3cnc(Cl)nc3N(Cc3ccccc3)C2=O)c1Cl. The van der Waals surface area contributed by atoms with Crippen molar-refractivity contribution in [3.05, 3.63) is 69.1 Å². The number of rotatable bonds is 5. The first kappa shape index (κ1) is 21.5. The third kappa shape index (κ3) is 3.96. The first-order chi connectivity index (χ1) is 14.9. The van der Waals surface area contributed by atoms with Crippen molar-refractivity contribution >= 4 is 52.3 Å². The summed E-state index contributed by atoms with van der Waals surface area (Å²) in [7, 11) is 2.95. The molecule has 2 aromatic carbocycles. The van der Waals surface area contributed by atoms with Crippen molar-refractivity contribution in [3.63, 3.8) is 0 Å². The average molecular weight is 480 g/mol. The number of hydrogen-bond donors (Lipinski definition) is 0. The molecule has 0 atom stereocenters. The van der Waals surface area contributed by atoms with Gasteiger partial charge in [0.05, 0.1) is 33.0 Å². The fraction of sp³-hybridized carbons (Fsp3) is 0.190. The van der Waals surface area contributed by atoms with Crippen molar-refractivity contribution in [2.24, 2.45) is 0 Å². The van der Waals surface area contributed by atoms with E-state index in [-0.39, 0.29) is 40.1 Å². The zero-order chi connectivity index (χ0) is 22.1. The first-order valence-electron chi connectivity index (χ1n) is 9.19. The topological polar surface area (TPSA) is 67.8 Å². The Morgan fingerprint density at radius 2 is 1.68 bits per heavy atom. The maximum absolute atomic E-state index is 13.7. The van der Waals surface area contributed by atoms with Crippen LogP contribution in [0.3, 0.4) is 0 Å². The van der Waals surface area contributed by atoms with Gasteiger partial charge in [-0.05, 0) is 17.2 Å². The van der Waals surface area contributed by atoms with Gasteiger partial charge in [-0.3, -0.25) is 9.80 Å². The Kier molecular flexibility index (Phi) is 6.09. The molecule has 0 unspecified atom stereocenters. The van der Waals surface area contributed by atoms with Crippen LogP contribution in [0, 0.1) is 0 Å². The molecule has 1 aromatic heterocycles. The average Bonchev–Trinajstić information content (AvgIpc) is 2.77. The normalized spacial score (nSPS) is 13.3. The molecule has 7 nitrogen and oxygen atoms in total. The monoisotopic (exact) mass is 478 g/mol. The fourth-order valence-electron chi connectivity index (χ4n) is 3.39. The molecule has 0 bridgehead atoms. The van der Waals surface area contributed by atoms with E-state index < -0.39 is 0 Å². The third-order valence-electron chi connectivity index (χ3n) is 4.86. The van der Waals surface area contributed by atoms with Crippen molar-refractivity contribution in [2.75, 3.05) is 24.0 Å². The molecule has 0 N–H and O–H groups in total. The largest absolute Gasteiger partial charge is 0.495 e. The zero-order valence-electron chi connectivity index (χ0n) is 16.6. The lowest BCUT2D eigenvalue weighted by molar-refractivity contribution is 0.249. The van der Waals surface area contributed by atoms with Crippen molar-refractivity contribution in [2.45, 2.75) is 13.1 Å². The Morgan fingerprint density at radius 1 is 1.03 bits per heavy atom. The van der Waals surface area contributed by atoms with Crippen molar-refractivity contribution in [1.29, 1.82) is 0 Å². The van der Waals surface area contributed by atoms with Crippen LogP contribution < -0.4 is 19.3 Å². The minimum absolute atomic E-state index is 0.0529. The molecular formula is C21H17Cl3N4O3. The first-order valence-corrected chi connectivity index (χ1v) is 10.3. The Balaban J connectivity index is 1.86. The van der Waals surface area contributed by atoms with Gasteiger partial charge >= 0.3 is 6.03 Å². The van der Waals surface area contributed by atoms with E-state index >= 15 is 0 Å². The van der Waals surface area contributed by atoms with Gasteiger partial charge in [-0.25, -0.2) is 9.78 Å². The maximum Gasteiger partial charge on any atom is 0.330 e. The van der Waals surface area contributed by atoms with Gasteiger partial charge < -0.3 is 9.47 Å². The predicted octanol–water partition coefficient (Wildman–Crippen LogP) is 5.60. The van der Waals surface area contributed by atoms with E-state index in [0.29, 0.717) is 22.9 Å². The Morgan fingerprint density at radius 3 is 2.29 bits per heavy atom. The summed E-state index contributed by atoms with van der Waals surface area (Å²) in [4.78, 5) is 25.0. The molecule has 1 aliphatic rings. The van der Waals surface area contributed by atoms with E-state index in [9.17, 15) is 4.79 Å². The van der Waals surface area contributed by atoms with Crippen LogP contribution >= 0.6 is 34.8 Å². The minimum atomic E-state index is -0.370. The van der Waals surface area contributed by atoms with Gasteiger partial charge in [0.25, 0.3) is 0 Å². The lowest BCUT2D eigenvalue weighted by atomic mass is 10.1. The number of halogens is 3. The van der Waals surface area contributed by atoms with Crippen molar-refractivity contribution < 1.29 is 14.3 Å². The van der Waals surface area contributed by atoms with Crippen molar-refractivity contribution in [1.82, 2.24) is 9.97 Å². The molecule has 3 aromatic rings. The number of hydrogen-bond acceptors (Lipinski definition) is 5. The summed E-state index contributed by atoms with van der Waals surface area (Å²) in [5, 5.41) is 0.441. The number of amides is 2. The summed E-state index contributed by atoms with van der Waals surface area (Å²) >= 11 is 19.2. The Bertz CT molecular complexity index is 1120. The quantitative estimate of drug-likeness (QED) is 0.446. The number of anilines is 2. The van der Waals surface area contributed by atoms with Crippen LogP contribution in [0.15, 0.2) is 42.6 Å². The smallest absolute Gasteiger partial charge is 0.330 e. The van der Waals surface area contributed by atoms with Gasteiger partial charge in [-0.1, -0.05) is 53.5 Å². The highest BCUT2D eigenvalue weighted by Gasteiger charge is 2.36. The molecular weight excluding hydrogens is 463 g/mol. The second-order valence-electron chi connectivity index (χ2n) is 6.69. The molecule has 31 heavy (non-hydrogen) atoms. The number of aromatic nitrogens is 2. The van der Waals surface area contributed by atoms with Gasteiger partial charge in [0.2, 0.25) is 5.28 Å². The summed E-state index contributed by atoms with van der Waals surface area (Å²) in [6.07, 6.45) is 1.58. The molecule has 2 amide bonds. The predicted molar refractivity (Wildman–Crippen MR) is 121 cm³/mol. The van der Waals surface area contributed by atoms with Crippen LogP contribution in [-0.4, -0.2) is 30.2 Å². The van der Waals surface area contributed by atoms with Gasteiger partial charge in [0.1, 0.15) is 27.4 Å². The van der Waals surface area contributed by atoms with Crippen LogP contribution in [0.25, 0.3) is 0 Å². The van der Waals surface area contributed by atoms with E-state index in [1.807, 2.05) is 30.3 Å². The van der Waals surface area contributed by atoms with E-state index in [4.69, 9.17) is 44.3 Å². The highest BCUT2D eigenvalue weighted by molar-refractivity contribution is 6.42. The van der Waals surface area contributed by atoms with E-state index in [0.717, 1.165) is 5.56 Å². The molecule has 10 heteroatoms. The van der Waals surface area contributed by atoms with E-state index in [2.05, 4.69) is 9.97 Å². The van der Waals surface area contributed by atoms with Crippen LogP contribution in [-0.2, 0) is 13.1 Å². The molecule has 0 aliphatic carbocycles. The minimum Gasteiger partial charge on any atom is -0.495 e. The number of ether oxygens (including phenoxy) is 2. The number of fused-ring (bicyclic) bond motifs is 1. The van der Waals surface area contributed by atoms with Crippen LogP contribution in [0.2, 0.25) is 15.3 Å². The second-order valence-corrected chi connectivity index (χ2v) is 7.78. The number of carbonyl (C=O) groups is 1. The molecule has 0 radical (unpaired) electrons. The van der Waals surface area contributed by atoms with Gasteiger partial charge in [-0.2, -0.15) is 4.98 Å². The number of benzene rings is 2. The molecule has 2 heterocycles. The summed E-state index contributed by atoms with van der Waals surface area (Å²) in [5.41, 5.74) is 1.89. The molecule has 160 valence electrons. The van der Waals surface area contributed by atoms with Crippen LogP contribution in [0.4, 0.5) is 16.3 Å². The fourth-order valence-corrected chi connectivity index (χ4v) is 4.22. The highest BCUT2D eigenvalue weighted by atomic mass is 35.5. The van der Waals surface area contributed by atoms with E-state index in [1.165, 1.54) is 24.0 Å². The summed E-state index contributed by atoms with van der Waals surface area (Å²) in [6, 6.07) is 10.7. The number of urea groups is 1. The van der Waals surface area contributed by atoms with Gasteiger partial charge in [0, 0.05) is 17.8 Å². The summed E-state index contributed by atoms with van der Waals surface area (Å²) < 4.78 is 10.7. The third-order valence-corrected chi connectivity index (χ3v) is 5.77. The number of nitrogens with zero attached hydrogens (tertiary/aromatic N) is 4. The number of carbonyl (C=O) groups excluding carboxylic acids is 1. The van der Waals surface area contributed by atoms with Crippen LogP contribution in [0.1, 0.15) is 11.1 Å². The number of methoxy groups -OCH3 is 2. The van der Waals surface area contributed by atoms with Crippen molar-refractivity contribution in [3.8, 4) is 11.5 Å². The molecule has 4 rings (SSSR count). The maximum atomic E-state index is 13.7. The molecule has 1 aliphatic heterocycles. The molecule has 0 saturated heterocycles. The van der Waals surface area contributed by atoms with E-state index in [1.54, 1.807) is 12.3 Å². The zero-order valence-corrected chi connectivity index (χ0v) is 18.9. The summed E-state index contributed by atoms with van der Waals surface area (Å²) in [6.45, 7) is 0.416. The molecule has 0 fully saturated rings.